The topological polar surface area (TPSA) is 120 Å². The Hall–Kier alpha value is -2.94. The molecule has 3 heterocycles. The summed E-state index contributed by atoms with van der Waals surface area (Å²) in [7, 11) is 2.18. The molecule has 2 saturated heterocycles. The summed E-state index contributed by atoms with van der Waals surface area (Å²) >= 11 is 0. The molecule has 15 heteroatoms. The van der Waals surface area contributed by atoms with Gasteiger partial charge in [-0.05, 0) is 58.3 Å². The third kappa shape index (κ3) is 9.80. The molecular weight excluding hydrogens is 516 g/mol. The largest absolute Gasteiger partial charge is 0.490 e. The highest BCUT2D eigenvalue weighted by Crippen LogP contribution is 2.38. The monoisotopic (exact) mass is 545 g/mol. The standard InChI is InChI=1S/C18H27N3O2.2C2HF3O2/c1-4-23-11-15-8-9-20(3)18(10-15)12-21(13-18)17(22)16-7-5-6-14(2)19-16;2*3-2(4,5)1(6)7/h5-7,15H,4,8-13H2,1-3H3;2*(H,6,7). The molecule has 3 rings (SSSR count). The van der Waals surface area contributed by atoms with Gasteiger partial charge < -0.3 is 19.8 Å². The van der Waals surface area contributed by atoms with Crippen LogP contribution in [0.1, 0.15) is 35.9 Å². The molecule has 37 heavy (non-hydrogen) atoms. The zero-order valence-electron chi connectivity index (χ0n) is 20.4. The van der Waals surface area contributed by atoms with Gasteiger partial charge in [0.2, 0.25) is 0 Å². The highest BCUT2D eigenvalue weighted by molar-refractivity contribution is 5.93. The van der Waals surface area contributed by atoms with E-state index in [1.165, 1.54) is 6.42 Å². The van der Waals surface area contributed by atoms with E-state index >= 15 is 0 Å². The van der Waals surface area contributed by atoms with Crippen LogP contribution in [0, 0.1) is 12.8 Å². The number of likely N-dealkylation sites (N-methyl/N-ethyl adjacent to an activating group) is 1. The Balaban J connectivity index is 0.000000404. The quantitative estimate of drug-likeness (QED) is 0.554. The van der Waals surface area contributed by atoms with Crippen LogP contribution in [0.4, 0.5) is 26.3 Å². The van der Waals surface area contributed by atoms with Crippen molar-refractivity contribution in [3.05, 3.63) is 29.6 Å². The molecule has 1 aromatic rings. The van der Waals surface area contributed by atoms with Gasteiger partial charge in [0.25, 0.3) is 5.91 Å². The Labute approximate surface area is 209 Å². The van der Waals surface area contributed by atoms with Crippen molar-refractivity contribution in [2.45, 2.75) is 44.6 Å². The Bertz CT molecular complexity index is 908. The Kier molecular flexibility index (Phi) is 11.3. The number of aryl methyl sites for hydroxylation is 1. The highest BCUT2D eigenvalue weighted by Gasteiger charge is 2.51. The fourth-order valence-electron chi connectivity index (χ4n) is 3.84. The first-order valence-corrected chi connectivity index (χ1v) is 11.0. The number of carboxylic acids is 2. The average molecular weight is 545 g/mol. The minimum Gasteiger partial charge on any atom is -0.475 e. The molecule has 1 aromatic heterocycles. The lowest BCUT2D eigenvalue weighted by Crippen LogP contribution is -2.72. The van der Waals surface area contributed by atoms with E-state index in [0.29, 0.717) is 11.6 Å². The van der Waals surface area contributed by atoms with Crippen LogP contribution in [0.25, 0.3) is 0 Å². The lowest BCUT2D eigenvalue weighted by molar-refractivity contribution is -0.193. The third-order valence-corrected chi connectivity index (χ3v) is 5.76. The second-order valence-corrected chi connectivity index (χ2v) is 8.60. The zero-order valence-corrected chi connectivity index (χ0v) is 20.4. The number of hydrogen-bond donors (Lipinski definition) is 2. The molecule has 1 atom stereocenters. The molecule has 0 radical (unpaired) electrons. The van der Waals surface area contributed by atoms with Crippen molar-refractivity contribution in [2.24, 2.45) is 5.92 Å². The number of rotatable bonds is 4. The number of nitrogens with zero attached hydrogens (tertiary/aromatic N) is 3. The molecule has 1 spiro atoms. The van der Waals surface area contributed by atoms with Gasteiger partial charge in [0, 0.05) is 32.0 Å². The summed E-state index contributed by atoms with van der Waals surface area (Å²) in [6, 6.07) is 5.63. The second kappa shape index (κ2) is 13.0. The number of carbonyl (C=O) groups excluding carboxylic acids is 1. The van der Waals surface area contributed by atoms with Gasteiger partial charge in [-0.3, -0.25) is 9.69 Å². The van der Waals surface area contributed by atoms with Gasteiger partial charge in [-0.15, -0.1) is 0 Å². The van der Waals surface area contributed by atoms with E-state index < -0.39 is 24.3 Å². The molecule has 0 bridgehead atoms. The number of hydrogen-bond acceptors (Lipinski definition) is 6. The van der Waals surface area contributed by atoms with Crippen LogP contribution in [0.2, 0.25) is 0 Å². The predicted molar refractivity (Wildman–Crippen MR) is 117 cm³/mol. The Morgan fingerprint density at radius 1 is 1.08 bits per heavy atom. The first-order chi connectivity index (χ1) is 16.9. The molecule has 0 saturated carbocycles. The van der Waals surface area contributed by atoms with Crippen LogP contribution < -0.4 is 0 Å². The summed E-state index contributed by atoms with van der Waals surface area (Å²) in [5.41, 5.74) is 1.58. The molecule has 2 fully saturated rings. The first kappa shape index (κ1) is 32.1. The van der Waals surface area contributed by atoms with Gasteiger partial charge in [0.1, 0.15) is 5.69 Å². The maximum atomic E-state index is 12.6. The summed E-state index contributed by atoms with van der Waals surface area (Å²) in [5, 5.41) is 14.2. The number of likely N-dealkylation sites (tertiary alicyclic amines) is 2. The van der Waals surface area contributed by atoms with E-state index in [9.17, 15) is 31.1 Å². The third-order valence-electron chi connectivity index (χ3n) is 5.76. The van der Waals surface area contributed by atoms with Crippen LogP contribution in [-0.2, 0) is 14.3 Å². The summed E-state index contributed by atoms with van der Waals surface area (Å²) in [6.07, 6.45) is -7.86. The lowest BCUT2D eigenvalue weighted by atomic mass is 9.75. The smallest absolute Gasteiger partial charge is 0.475 e. The first-order valence-electron chi connectivity index (χ1n) is 11.0. The summed E-state index contributed by atoms with van der Waals surface area (Å²) in [4.78, 5) is 39.1. The van der Waals surface area contributed by atoms with Crippen molar-refractivity contribution in [1.29, 1.82) is 0 Å². The molecule has 2 aliphatic heterocycles. The average Bonchev–Trinajstić information content (AvgIpc) is 2.76. The van der Waals surface area contributed by atoms with Gasteiger partial charge in [0.05, 0.1) is 5.54 Å². The van der Waals surface area contributed by atoms with Gasteiger partial charge in [-0.25, -0.2) is 14.6 Å². The van der Waals surface area contributed by atoms with Gasteiger partial charge in [-0.2, -0.15) is 26.3 Å². The Morgan fingerprint density at radius 2 is 1.59 bits per heavy atom. The highest BCUT2D eigenvalue weighted by atomic mass is 19.4. The number of aliphatic carboxylic acids is 2. The molecule has 2 N–H and O–H groups in total. The van der Waals surface area contributed by atoms with Crippen LogP contribution in [0.3, 0.4) is 0 Å². The van der Waals surface area contributed by atoms with E-state index in [-0.39, 0.29) is 11.4 Å². The minimum absolute atomic E-state index is 0.0552. The normalized spacial score (nSPS) is 19.1. The van der Waals surface area contributed by atoms with Crippen molar-refractivity contribution in [2.75, 3.05) is 39.9 Å². The summed E-state index contributed by atoms with van der Waals surface area (Å²) in [5.74, 6) is -4.85. The lowest BCUT2D eigenvalue weighted by Gasteiger charge is -2.58. The van der Waals surface area contributed by atoms with E-state index in [2.05, 4.69) is 16.9 Å². The number of alkyl halides is 6. The molecule has 1 amide bonds. The van der Waals surface area contributed by atoms with Crippen molar-refractivity contribution < 1.29 is 55.7 Å². The second-order valence-electron chi connectivity index (χ2n) is 8.60. The van der Waals surface area contributed by atoms with Crippen molar-refractivity contribution in [3.63, 3.8) is 0 Å². The SMILES string of the molecule is CCOCC1CCN(C)C2(C1)CN(C(=O)c1cccc(C)n1)C2.O=C(O)C(F)(F)F.O=C(O)C(F)(F)F. The van der Waals surface area contributed by atoms with Crippen molar-refractivity contribution >= 4 is 17.8 Å². The van der Waals surface area contributed by atoms with Gasteiger partial charge in [0.15, 0.2) is 0 Å². The van der Waals surface area contributed by atoms with E-state index in [1.807, 2.05) is 36.9 Å². The number of aromatic nitrogens is 1. The van der Waals surface area contributed by atoms with Crippen LogP contribution >= 0.6 is 0 Å². The van der Waals surface area contributed by atoms with Crippen LogP contribution in [0.5, 0.6) is 0 Å². The zero-order chi connectivity index (χ0) is 28.6. The van der Waals surface area contributed by atoms with Crippen molar-refractivity contribution in [3.8, 4) is 0 Å². The summed E-state index contributed by atoms with van der Waals surface area (Å²) in [6.45, 7) is 8.29. The number of carbonyl (C=O) groups is 3. The van der Waals surface area contributed by atoms with E-state index in [4.69, 9.17) is 24.5 Å². The van der Waals surface area contributed by atoms with Gasteiger partial charge in [-0.1, -0.05) is 6.07 Å². The van der Waals surface area contributed by atoms with E-state index in [0.717, 1.165) is 45.0 Å². The maximum Gasteiger partial charge on any atom is 0.490 e. The van der Waals surface area contributed by atoms with Gasteiger partial charge >= 0.3 is 24.3 Å². The molecule has 2 aliphatic rings. The van der Waals surface area contributed by atoms with Crippen LogP contribution in [0.15, 0.2) is 18.2 Å². The van der Waals surface area contributed by atoms with Crippen LogP contribution in [-0.4, -0.2) is 101 Å². The number of amides is 1. The molecule has 0 aliphatic carbocycles. The fraction of sp³-hybridized carbons (Fsp3) is 0.636. The molecular formula is C22H29F6N3O6. The Morgan fingerprint density at radius 3 is 2.03 bits per heavy atom. The predicted octanol–water partition coefficient (Wildman–Crippen LogP) is 3.23. The summed E-state index contributed by atoms with van der Waals surface area (Å²) < 4.78 is 69.1. The number of ether oxygens (including phenoxy) is 1. The number of piperidine rings is 1. The number of carboxylic acid groups (broad SMARTS) is 2. The molecule has 0 aromatic carbocycles. The number of halogens is 6. The maximum absolute atomic E-state index is 12.6. The molecule has 210 valence electrons. The fourth-order valence-corrected chi connectivity index (χ4v) is 3.84. The van der Waals surface area contributed by atoms with Crippen molar-refractivity contribution in [1.82, 2.24) is 14.8 Å². The number of pyridine rings is 1. The molecule has 9 nitrogen and oxygen atoms in total. The molecule has 1 unspecified atom stereocenters. The minimum atomic E-state index is -5.08. The van der Waals surface area contributed by atoms with E-state index in [1.54, 1.807) is 0 Å².